The molecule has 35 heavy (non-hydrogen) atoms. The summed E-state index contributed by atoms with van der Waals surface area (Å²) in [6.45, 7) is 0. The first-order chi connectivity index (χ1) is 17.2. The van der Waals surface area contributed by atoms with Gasteiger partial charge >= 0.3 is 0 Å². The molecule has 0 radical (unpaired) electrons. The van der Waals surface area contributed by atoms with Crippen LogP contribution in [0.15, 0.2) is 94.1 Å². The number of aromatic nitrogens is 2. The molecule has 0 aliphatic carbocycles. The van der Waals surface area contributed by atoms with Crippen molar-refractivity contribution in [3.8, 4) is 5.69 Å². The summed E-state index contributed by atoms with van der Waals surface area (Å²) in [5, 5.41) is 7.90. The average Bonchev–Trinajstić information content (AvgIpc) is 3.55. The summed E-state index contributed by atoms with van der Waals surface area (Å²) in [7, 11) is 0. The summed E-state index contributed by atoms with van der Waals surface area (Å²) >= 11 is 11.6. The third-order valence-electron chi connectivity index (χ3n) is 6.82. The Morgan fingerprint density at radius 1 is 0.600 bits per heavy atom. The summed E-state index contributed by atoms with van der Waals surface area (Å²) in [6.07, 6.45) is 3.74. The van der Waals surface area contributed by atoms with Gasteiger partial charge < -0.3 is 4.57 Å². The zero-order chi connectivity index (χ0) is 23.3. The van der Waals surface area contributed by atoms with Gasteiger partial charge in [0.25, 0.3) is 0 Å². The van der Waals surface area contributed by atoms with E-state index in [1.807, 2.05) is 35.1 Å². The van der Waals surface area contributed by atoms with Crippen LogP contribution in [0.5, 0.6) is 0 Å². The van der Waals surface area contributed by atoms with Gasteiger partial charge in [0, 0.05) is 68.7 Å². The number of nitrogens with zero attached hydrogens (tertiary/aromatic N) is 2. The first-order valence-corrected chi connectivity index (χ1v) is 14.4. The lowest BCUT2D eigenvalue weighted by Gasteiger charge is -2.08. The van der Waals surface area contributed by atoms with Crippen LogP contribution in [0, 0.1) is 0 Å². The molecule has 8 rings (SSSR count). The van der Waals surface area contributed by atoms with E-state index >= 15 is 0 Å². The van der Waals surface area contributed by atoms with Crippen molar-refractivity contribution in [2.24, 2.45) is 0 Å². The lowest BCUT2D eigenvalue weighted by atomic mass is 10.0. The Hall–Kier alpha value is -2.77. The molecule has 166 valence electrons. The molecule has 4 aromatic heterocycles. The van der Waals surface area contributed by atoms with E-state index in [-0.39, 0.29) is 0 Å². The molecule has 0 N–H and O–H groups in total. The number of hydrogen-bond acceptors (Lipinski definition) is 3. The normalized spacial score (nSPS) is 12.3. The molecule has 0 unspecified atom stereocenters. The number of hydrogen-bond donors (Lipinski definition) is 0. The maximum atomic E-state index is 4.29. The second-order valence-corrected chi connectivity index (χ2v) is 12.5. The Morgan fingerprint density at radius 2 is 1.09 bits per heavy atom. The van der Waals surface area contributed by atoms with Crippen molar-refractivity contribution < 1.29 is 0 Å². The Labute approximate surface area is 224 Å². The Balaban J connectivity index is 1.77. The van der Waals surface area contributed by atoms with Crippen LogP contribution < -0.4 is 0 Å². The highest BCUT2D eigenvalue weighted by atomic mass is 79.9. The van der Waals surface area contributed by atoms with Crippen LogP contribution in [-0.2, 0) is 0 Å². The number of halogens is 2. The molecular formula is C29H14Br2N2S2. The fraction of sp³-hybridized carbons (Fsp3) is 0. The van der Waals surface area contributed by atoms with Crippen molar-refractivity contribution in [2.75, 3.05) is 0 Å². The maximum absolute atomic E-state index is 4.29. The quantitative estimate of drug-likeness (QED) is 0.180. The molecule has 4 aromatic carbocycles. The van der Waals surface area contributed by atoms with Gasteiger partial charge in [0.2, 0.25) is 0 Å². The second-order valence-electron chi connectivity index (χ2n) is 8.65. The monoisotopic (exact) mass is 612 g/mol. The van der Waals surface area contributed by atoms with Gasteiger partial charge in [0.1, 0.15) is 0 Å². The predicted molar refractivity (Wildman–Crippen MR) is 160 cm³/mol. The molecule has 6 heteroatoms. The van der Waals surface area contributed by atoms with Crippen LogP contribution in [0.4, 0.5) is 0 Å². The molecule has 0 fully saturated rings. The van der Waals surface area contributed by atoms with Crippen molar-refractivity contribution in [1.82, 2.24) is 9.55 Å². The minimum absolute atomic E-state index is 1.11. The SMILES string of the molecule is Brc1cc2c(c3c1sc1ccccc13)c1c3c(sc4ccccc43)c(Br)cc1n2-c1ccncc1. The third kappa shape index (κ3) is 2.71. The van der Waals surface area contributed by atoms with Gasteiger partial charge in [-0.3, -0.25) is 4.98 Å². The fourth-order valence-electron chi connectivity index (χ4n) is 5.46. The standard InChI is InChI=1S/C29H14Br2N2S2/c30-18-13-20-26(24-16-5-1-3-7-22(16)34-28(18)24)27-21(33(20)15-9-11-32-12-10-15)14-19(31)29-25(27)17-6-2-4-8-23(17)35-29/h1-14H. The lowest BCUT2D eigenvalue weighted by Crippen LogP contribution is -1.94. The zero-order valence-electron chi connectivity index (χ0n) is 18.0. The number of thiophene rings is 2. The summed E-state index contributed by atoms with van der Waals surface area (Å²) in [5.41, 5.74) is 3.50. The molecule has 0 aliphatic rings. The van der Waals surface area contributed by atoms with E-state index in [1.165, 1.54) is 62.2 Å². The first-order valence-electron chi connectivity index (χ1n) is 11.2. The Bertz CT molecular complexity index is 2000. The molecule has 2 nitrogen and oxygen atoms in total. The van der Waals surface area contributed by atoms with Gasteiger partial charge in [-0.25, -0.2) is 0 Å². The highest BCUT2D eigenvalue weighted by Crippen LogP contribution is 2.51. The van der Waals surface area contributed by atoms with E-state index in [1.54, 1.807) is 0 Å². The zero-order valence-corrected chi connectivity index (χ0v) is 22.9. The molecule has 0 aliphatic heterocycles. The van der Waals surface area contributed by atoms with Gasteiger partial charge in [-0.05, 0) is 68.3 Å². The molecule has 4 heterocycles. The fourth-order valence-corrected chi connectivity index (χ4v) is 9.01. The van der Waals surface area contributed by atoms with Gasteiger partial charge in [-0.15, -0.1) is 22.7 Å². The topological polar surface area (TPSA) is 17.8 Å². The number of benzene rings is 4. The molecule has 0 saturated carbocycles. The van der Waals surface area contributed by atoms with Crippen molar-refractivity contribution in [3.63, 3.8) is 0 Å². The van der Waals surface area contributed by atoms with Crippen LogP contribution in [-0.4, -0.2) is 9.55 Å². The van der Waals surface area contributed by atoms with Gasteiger partial charge in [-0.1, -0.05) is 36.4 Å². The predicted octanol–water partition coefficient (Wildman–Crippen LogP) is 10.4. The largest absolute Gasteiger partial charge is 0.309 e. The van der Waals surface area contributed by atoms with Crippen molar-refractivity contribution in [1.29, 1.82) is 0 Å². The number of pyridine rings is 1. The first kappa shape index (κ1) is 20.4. The summed E-state index contributed by atoms with van der Waals surface area (Å²) < 4.78 is 9.86. The molecule has 0 atom stereocenters. The smallest absolute Gasteiger partial charge is 0.0559 e. The average molecular weight is 614 g/mol. The number of fused-ring (bicyclic) bond motifs is 11. The molecule has 0 bridgehead atoms. The van der Waals surface area contributed by atoms with Gasteiger partial charge in [0.05, 0.1) is 20.4 Å². The summed E-state index contributed by atoms with van der Waals surface area (Å²) in [6, 6.07) is 26.3. The van der Waals surface area contributed by atoms with E-state index in [9.17, 15) is 0 Å². The minimum atomic E-state index is 1.11. The van der Waals surface area contributed by atoms with Crippen molar-refractivity contribution in [2.45, 2.75) is 0 Å². The van der Waals surface area contributed by atoms with Crippen LogP contribution in [0.3, 0.4) is 0 Å². The third-order valence-corrected chi connectivity index (χ3v) is 11.0. The van der Waals surface area contributed by atoms with Gasteiger partial charge in [-0.2, -0.15) is 0 Å². The molecule has 0 amide bonds. The van der Waals surface area contributed by atoms with E-state index in [4.69, 9.17) is 0 Å². The van der Waals surface area contributed by atoms with Crippen molar-refractivity contribution in [3.05, 3.63) is 94.1 Å². The lowest BCUT2D eigenvalue weighted by molar-refractivity contribution is 1.16. The van der Waals surface area contributed by atoms with E-state index < -0.39 is 0 Å². The van der Waals surface area contributed by atoms with Crippen LogP contribution in [0.25, 0.3) is 67.8 Å². The van der Waals surface area contributed by atoms with E-state index in [2.05, 4.69) is 114 Å². The maximum Gasteiger partial charge on any atom is 0.0559 e. The van der Waals surface area contributed by atoms with Crippen LogP contribution in [0.2, 0.25) is 0 Å². The minimum Gasteiger partial charge on any atom is -0.309 e. The Morgan fingerprint density at radius 3 is 1.60 bits per heavy atom. The van der Waals surface area contributed by atoms with Gasteiger partial charge in [0.15, 0.2) is 0 Å². The molecule has 0 saturated heterocycles. The highest BCUT2D eigenvalue weighted by Gasteiger charge is 2.24. The summed E-state index contributed by atoms with van der Waals surface area (Å²) in [4.78, 5) is 4.29. The Kier molecular flexibility index (Phi) is 4.30. The van der Waals surface area contributed by atoms with Crippen molar-refractivity contribution >= 4 is 117 Å². The second kappa shape index (κ2) is 7.37. The van der Waals surface area contributed by atoms with E-state index in [0.29, 0.717) is 0 Å². The molecule has 0 spiro atoms. The van der Waals surface area contributed by atoms with Crippen LogP contribution >= 0.6 is 54.5 Å². The highest BCUT2D eigenvalue weighted by molar-refractivity contribution is 9.11. The van der Waals surface area contributed by atoms with Crippen LogP contribution in [0.1, 0.15) is 0 Å². The molecular weight excluding hydrogens is 600 g/mol. The van der Waals surface area contributed by atoms with E-state index in [0.717, 1.165) is 14.6 Å². The molecule has 8 aromatic rings. The number of rotatable bonds is 1. The summed E-state index contributed by atoms with van der Waals surface area (Å²) in [5.74, 6) is 0.